The summed E-state index contributed by atoms with van der Waals surface area (Å²) in [7, 11) is 0. The van der Waals surface area contributed by atoms with E-state index in [2.05, 4.69) is 23.8 Å². The Morgan fingerprint density at radius 1 is 1.71 bits per heavy atom. The Morgan fingerprint density at radius 3 is 2.88 bits per heavy atom. The monoisotopic (exact) mass is 238 g/mol. The van der Waals surface area contributed by atoms with Crippen LogP contribution in [0.2, 0.25) is 0 Å². The number of likely N-dealkylation sites (N-methyl/N-ethyl adjacent to an activating group) is 1. The van der Waals surface area contributed by atoms with Crippen LogP contribution in [0.15, 0.2) is 17.6 Å². The van der Waals surface area contributed by atoms with Crippen molar-refractivity contribution in [2.75, 3.05) is 13.1 Å². The molecule has 17 heavy (non-hydrogen) atoms. The highest BCUT2D eigenvalue weighted by molar-refractivity contribution is 5.94. The molecule has 1 amide bonds. The molecule has 0 saturated heterocycles. The normalized spacial score (nSPS) is 25.9. The van der Waals surface area contributed by atoms with Crippen molar-refractivity contribution in [3.63, 3.8) is 0 Å². The first-order chi connectivity index (χ1) is 8.17. The molecule has 1 rings (SSSR count). The standard InChI is InChI=1S/C12H22N4O/c1-4-9(5-2)10-7-14-11(13)12(15-10)16(6-3)8-17/h4,8-11,14H,1,5-7,13H2,2-3H3. The number of nitrogens with one attached hydrogen (secondary N) is 1. The summed E-state index contributed by atoms with van der Waals surface area (Å²) < 4.78 is 0. The van der Waals surface area contributed by atoms with Gasteiger partial charge in [-0.05, 0) is 19.3 Å². The molecule has 1 aliphatic heterocycles. The number of carbonyl (C=O) groups excluding carboxylic acids is 1. The fraction of sp³-hybridized carbons (Fsp3) is 0.667. The van der Waals surface area contributed by atoms with Gasteiger partial charge >= 0.3 is 0 Å². The lowest BCUT2D eigenvalue weighted by atomic mass is 9.96. The molecule has 0 bridgehead atoms. The summed E-state index contributed by atoms with van der Waals surface area (Å²) >= 11 is 0. The first kappa shape index (κ1) is 13.9. The molecule has 0 aromatic rings. The first-order valence-electron chi connectivity index (χ1n) is 6.09. The molecule has 5 heteroatoms. The third-order valence-corrected chi connectivity index (χ3v) is 3.15. The van der Waals surface area contributed by atoms with Crippen LogP contribution in [0.1, 0.15) is 20.3 Å². The van der Waals surface area contributed by atoms with Crippen LogP contribution in [0.5, 0.6) is 0 Å². The van der Waals surface area contributed by atoms with E-state index >= 15 is 0 Å². The van der Waals surface area contributed by atoms with E-state index in [1.54, 1.807) is 4.90 Å². The zero-order valence-corrected chi connectivity index (χ0v) is 10.6. The van der Waals surface area contributed by atoms with Gasteiger partial charge in [0.05, 0.1) is 6.04 Å². The van der Waals surface area contributed by atoms with E-state index in [1.807, 2.05) is 13.0 Å². The van der Waals surface area contributed by atoms with Crippen LogP contribution in [0.3, 0.4) is 0 Å². The Balaban J connectivity index is 2.91. The molecular formula is C12H22N4O. The van der Waals surface area contributed by atoms with E-state index in [1.165, 1.54) is 0 Å². The number of hydrogen-bond acceptors (Lipinski definition) is 4. The topological polar surface area (TPSA) is 70.7 Å². The van der Waals surface area contributed by atoms with E-state index in [0.717, 1.165) is 19.4 Å². The molecular weight excluding hydrogens is 216 g/mol. The Hall–Kier alpha value is -1.20. The molecule has 3 atom stereocenters. The van der Waals surface area contributed by atoms with Crippen LogP contribution in [-0.4, -0.2) is 42.4 Å². The van der Waals surface area contributed by atoms with Gasteiger partial charge in [-0.3, -0.25) is 15.1 Å². The Labute approximate surface area is 103 Å². The van der Waals surface area contributed by atoms with Crippen LogP contribution in [0, 0.1) is 5.92 Å². The highest BCUT2D eigenvalue weighted by Crippen LogP contribution is 2.16. The fourth-order valence-corrected chi connectivity index (χ4v) is 2.02. The fourth-order valence-electron chi connectivity index (χ4n) is 2.02. The third kappa shape index (κ3) is 3.14. The molecule has 3 unspecified atom stereocenters. The second-order valence-electron chi connectivity index (χ2n) is 4.14. The predicted octanol–water partition coefficient (Wildman–Crippen LogP) is 0.332. The molecule has 0 aromatic heterocycles. The van der Waals surface area contributed by atoms with Crippen LogP contribution >= 0.6 is 0 Å². The van der Waals surface area contributed by atoms with Gasteiger partial charge < -0.3 is 10.6 Å². The minimum atomic E-state index is -0.362. The summed E-state index contributed by atoms with van der Waals surface area (Å²) in [6, 6.07) is 0.112. The number of nitrogens with zero attached hydrogens (tertiary/aromatic N) is 2. The van der Waals surface area contributed by atoms with Gasteiger partial charge in [0.25, 0.3) is 0 Å². The molecule has 5 nitrogen and oxygen atoms in total. The smallest absolute Gasteiger partial charge is 0.215 e. The molecule has 1 aliphatic rings. The van der Waals surface area contributed by atoms with Crippen molar-refractivity contribution in [3.8, 4) is 0 Å². The van der Waals surface area contributed by atoms with E-state index < -0.39 is 0 Å². The maximum absolute atomic E-state index is 10.9. The van der Waals surface area contributed by atoms with Crippen molar-refractivity contribution >= 4 is 12.2 Å². The minimum Gasteiger partial charge on any atom is -0.310 e. The number of rotatable bonds is 5. The molecule has 0 aliphatic carbocycles. The van der Waals surface area contributed by atoms with Crippen molar-refractivity contribution in [1.82, 2.24) is 10.2 Å². The Bertz CT molecular complexity index is 303. The second kappa shape index (κ2) is 6.51. The van der Waals surface area contributed by atoms with Crippen molar-refractivity contribution in [2.45, 2.75) is 32.5 Å². The van der Waals surface area contributed by atoms with Crippen molar-refractivity contribution < 1.29 is 4.79 Å². The summed E-state index contributed by atoms with van der Waals surface area (Å²) in [5, 5.41) is 3.18. The first-order valence-corrected chi connectivity index (χ1v) is 6.09. The van der Waals surface area contributed by atoms with Crippen LogP contribution in [0.25, 0.3) is 0 Å². The highest BCUT2D eigenvalue weighted by Gasteiger charge is 2.27. The average molecular weight is 238 g/mol. The zero-order chi connectivity index (χ0) is 12.8. The lowest BCUT2D eigenvalue weighted by molar-refractivity contribution is -0.114. The number of carbonyl (C=O) groups is 1. The van der Waals surface area contributed by atoms with Gasteiger partial charge in [-0.2, -0.15) is 0 Å². The number of amides is 1. The van der Waals surface area contributed by atoms with Crippen LogP contribution in [-0.2, 0) is 4.79 Å². The van der Waals surface area contributed by atoms with Gasteiger partial charge in [0, 0.05) is 13.1 Å². The number of amidine groups is 1. The van der Waals surface area contributed by atoms with E-state index in [4.69, 9.17) is 5.73 Å². The van der Waals surface area contributed by atoms with Gasteiger partial charge in [0.2, 0.25) is 6.41 Å². The quantitative estimate of drug-likeness (QED) is 0.535. The number of nitrogens with two attached hydrogens (primary N) is 1. The van der Waals surface area contributed by atoms with Gasteiger partial charge in [-0.15, -0.1) is 6.58 Å². The van der Waals surface area contributed by atoms with Crippen molar-refractivity contribution in [2.24, 2.45) is 16.6 Å². The lowest BCUT2D eigenvalue weighted by Crippen LogP contribution is -2.57. The SMILES string of the molecule is C=CC(CC)C1CNC(N)C(N(C=O)CC)=N1. The molecule has 0 fully saturated rings. The Morgan fingerprint density at radius 2 is 2.41 bits per heavy atom. The summed E-state index contributed by atoms with van der Waals surface area (Å²) in [5.41, 5.74) is 5.91. The molecule has 0 saturated carbocycles. The zero-order valence-electron chi connectivity index (χ0n) is 10.6. The summed E-state index contributed by atoms with van der Waals surface area (Å²) in [6.07, 6.45) is 3.31. The van der Waals surface area contributed by atoms with Crippen LogP contribution < -0.4 is 11.1 Å². The Kier molecular flexibility index (Phi) is 5.31. The molecule has 0 radical (unpaired) electrons. The number of hydrogen-bond donors (Lipinski definition) is 2. The maximum Gasteiger partial charge on any atom is 0.215 e. The summed E-state index contributed by atoms with van der Waals surface area (Å²) in [5.74, 6) is 0.939. The summed E-state index contributed by atoms with van der Waals surface area (Å²) in [6.45, 7) is 9.14. The van der Waals surface area contributed by atoms with E-state index in [9.17, 15) is 4.79 Å². The summed E-state index contributed by atoms with van der Waals surface area (Å²) in [4.78, 5) is 17.1. The largest absolute Gasteiger partial charge is 0.310 e. The maximum atomic E-state index is 10.9. The van der Waals surface area contributed by atoms with Crippen molar-refractivity contribution in [1.29, 1.82) is 0 Å². The van der Waals surface area contributed by atoms with E-state index in [-0.39, 0.29) is 12.2 Å². The molecule has 3 N–H and O–H groups in total. The average Bonchev–Trinajstić information content (AvgIpc) is 2.35. The van der Waals surface area contributed by atoms with E-state index in [0.29, 0.717) is 18.3 Å². The predicted molar refractivity (Wildman–Crippen MR) is 69.6 cm³/mol. The van der Waals surface area contributed by atoms with Gasteiger partial charge in [-0.25, -0.2) is 0 Å². The van der Waals surface area contributed by atoms with Gasteiger partial charge in [0.1, 0.15) is 12.0 Å². The highest BCUT2D eigenvalue weighted by atomic mass is 16.1. The molecule has 1 heterocycles. The lowest BCUT2D eigenvalue weighted by Gasteiger charge is -2.33. The molecule has 0 spiro atoms. The van der Waals surface area contributed by atoms with Gasteiger partial charge in [-0.1, -0.05) is 13.0 Å². The minimum absolute atomic E-state index is 0.112. The number of aliphatic imine (C=N–C) groups is 1. The van der Waals surface area contributed by atoms with Crippen LogP contribution in [0.4, 0.5) is 0 Å². The molecule has 0 aromatic carbocycles. The van der Waals surface area contributed by atoms with Gasteiger partial charge in [0.15, 0.2) is 0 Å². The second-order valence-corrected chi connectivity index (χ2v) is 4.14. The van der Waals surface area contributed by atoms with Crippen molar-refractivity contribution in [3.05, 3.63) is 12.7 Å². The molecule has 96 valence electrons. The third-order valence-electron chi connectivity index (χ3n) is 3.15.